The van der Waals surface area contributed by atoms with Crippen molar-refractivity contribution in [3.63, 3.8) is 0 Å². The number of carbonyl (C=O) groups is 5. The largest absolute Gasteiger partial charge is 0.481 e. The zero-order valence-electron chi connectivity index (χ0n) is 16.8. The molecule has 2 fully saturated rings. The zero-order chi connectivity index (χ0) is 21.2. The van der Waals surface area contributed by atoms with Crippen LogP contribution in [0.15, 0.2) is 12.2 Å². The molecule has 3 unspecified atom stereocenters. The smallest absolute Gasteiger partial charge is 0.311 e. The van der Waals surface area contributed by atoms with E-state index in [9.17, 15) is 29.1 Å². The molecule has 0 aromatic rings. The van der Waals surface area contributed by atoms with E-state index in [4.69, 9.17) is 0 Å². The van der Waals surface area contributed by atoms with Crippen LogP contribution < -0.4 is 0 Å². The molecule has 0 spiro atoms. The van der Waals surface area contributed by atoms with E-state index in [1.54, 1.807) is 0 Å². The monoisotopic (exact) mass is 404 g/mol. The van der Waals surface area contributed by atoms with Gasteiger partial charge in [-0.15, -0.1) is 0 Å². The van der Waals surface area contributed by atoms with Crippen molar-refractivity contribution in [2.75, 3.05) is 6.54 Å². The summed E-state index contributed by atoms with van der Waals surface area (Å²) in [6, 6.07) is -0.737. The summed E-state index contributed by atoms with van der Waals surface area (Å²) in [6.45, 7) is 2.22. The van der Waals surface area contributed by atoms with E-state index in [-0.39, 0.29) is 48.9 Å². The number of hydrogen-bond acceptors (Lipinski definition) is 5. The van der Waals surface area contributed by atoms with Gasteiger partial charge in [0, 0.05) is 31.5 Å². The number of hydrogen-bond donors (Lipinski definition) is 1. The van der Waals surface area contributed by atoms with Gasteiger partial charge in [0.05, 0.1) is 11.5 Å². The van der Waals surface area contributed by atoms with Crippen LogP contribution in [0.3, 0.4) is 0 Å². The lowest BCUT2D eigenvalue weighted by atomic mass is 9.63. The predicted octanol–water partition coefficient (Wildman–Crippen LogP) is 1.88. The molecule has 8 nitrogen and oxygen atoms in total. The molecule has 3 aliphatic rings. The van der Waals surface area contributed by atoms with Crippen LogP contribution >= 0.6 is 0 Å². The quantitative estimate of drug-likeness (QED) is 0.488. The Morgan fingerprint density at radius 2 is 1.72 bits per heavy atom. The fourth-order valence-corrected chi connectivity index (χ4v) is 4.96. The Balaban J connectivity index is 1.86. The van der Waals surface area contributed by atoms with Gasteiger partial charge in [-0.3, -0.25) is 33.8 Å². The molecular formula is C21H28N2O6. The van der Waals surface area contributed by atoms with Crippen LogP contribution in [0, 0.1) is 11.3 Å². The first-order chi connectivity index (χ1) is 13.8. The Hall–Kier alpha value is -2.51. The Morgan fingerprint density at radius 3 is 2.28 bits per heavy atom. The van der Waals surface area contributed by atoms with Crippen LogP contribution in [-0.4, -0.2) is 57.1 Å². The van der Waals surface area contributed by atoms with Crippen molar-refractivity contribution in [2.45, 2.75) is 70.8 Å². The number of nitrogens with zero attached hydrogens (tertiary/aromatic N) is 2. The van der Waals surface area contributed by atoms with Crippen LogP contribution in [-0.2, 0) is 24.0 Å². The summed E-state index contributed by atoms with van der Waals surface area (Å²) in [5.74, 6) is -2.52. The summed E-state index contributed by atoms with van der Waals surface area (Å²) in [7, 11) is 0. The molecule has 0 aromatic carbocycles. The zero-order valence-corrected chi connectivity index (χ0v) is 16.8. The summed E-state index contributed by atoms with van der Waals surface area (Å²) in [6.07, 6.45) is 6.77. The lowest BCUT2D eigenvalue weighted by Gasteiger charge is -2.47. The van der Waals surface area contributed by atoms with Gasteiger partial charge in [0.2, 0.25) is 11.8 Å². The lowest BCUT2D eigenvalue weighted by Crippen LogP contribution is -2.57. The van der Waals surface area contributed by atoms with Crippen LogP contribution in [0.25, 0.3) is 0 Å². The van der Waals surface area contributed by atoms with Gasteiger partial charge in [0.15, 0.2) is 0 Å². The molecule has 3 rings (SSSR count). The van der Waals surface area contributed by atoms with Crippen molar-refractivity contribution in [2.24, 2.45) is 11.3 Å². The molecule has 8 heteroatoms. The predicted molar refractivity (Wildman–Crippen MR) is 102 cm³/mol. The van der Waals surface area contributed by atoms with Gasteiger partial charge in [-0.2, -0.15) is 0 Å². The fraction of sp³-hybridized carbons (Fsp3) is 0.667. The van der Waals surface area contributed by atoms with Crippen LogP contribution in [0.4, 0.5) is 0 Å². The van der Waals surface area contributed by atoms with E-state index in [0.29, 0.717) is 32.1 Å². The molecule has 0 radical (unpaired) electrons. The van der Waals surface area contributed by atoms with Crippen molar-refractivity contribution >= 4 is 29.6 Å². The number of rotatable bonds is 8. The SMILES string of the molecule is CCCCCC1(C(=O)O)CCC(CN2C(=O)C=CC2=O)CC1N1C(=O)CCC1=O. The topological polar surface area (TPSA) is 112 Å². The Morgan fingerprint density at radius 1 is 1.10 bits per heavy atom. The van der Waals surface area contributed by atoms with Crippen LogP contribution in [0.5, 0.6) is 0 Å². The summed E-state index contributed by atoms with van der Waals surface area (Å²) in [4.78, 5) is 63.5. The van der Waals surface area contributed by atoms with Gasteiger partial charge < -0.3 is 5.11 Å². The number of carboxylic acid groups (broad SMARTS) is 1. The average Bonchev–Trinajstić information content (AvgIpc) is 3.18. The number of amides is 4. The van der Waals surface area contributed by atoms with Crippen molar-refractivity contribution in [1.29, 1.82) is 0 Å². The summed E-state index contributed by atoms with van der Waals surface area (Å²) in [5.41, 5.74) is -1.17. The number of likely N-dealkylation sites (tertiary alicyclic amines) is 1. The fourth-order valence-electron chi connectivity index (χ4n) is 4.96. The standard InChI is InChI=1S/C21H28N2O6/c1-2-3-4-10-21(20(28)29)11-9-14(13-22-16(24)5-6-17(22)25)12-15(21)23-18(26)7-8-19(23)27/h5-6,14-15H,2-4,7-13H2,1H3,(H,28,29). The normalized spacial score (nSPS) is 30.0. The average molecular weight is 404 g/mol. The molecule has 1 saturated heterocycles. The maximum absolute atomic E-state index is 12.5. The number of carbonyl (C=O) groups excluding carboxylic acids is 4. The second kappa shape index (κ2) is 8.47. The van der Waals surface area contributed by atoms with E-state index in [2.05, 4.69) is 0 Å². The van der Waals surface area contributed by atoms with Gasteiger partial charge >= 0.3 is 5.97 Å². The molecule has 0 aromatic heterocycles. The molecule has 1 saturated carbocycles. The van der Waals surface area contributed by atoms with E-state index < -0.39 is 17.4 Å². The molecule has 1 N–H and O–H groups in total. The molecule has 0 bridgehead atoms. The highest BCUT2D eigenvalue weighted by Gasteiger charge is 2.55. The van der Waals surface area contributed by atoms with Crippen molar-refractivity contribution in [3.05, 3.63) is 12.2 Å². The van der Waals surface area contributed by atoms with Crippen molar-refractivity contribution < 1.29 is 29.1 Å². The molecule has 2 heterocycles. The van der Waals surface area contributed by atoms with E-state index in [1.807, 2.05) is 6.92 Å². The lowest BCUT2D eigenvalue weighted by molar-refractivity contribution is -0.164. The number of imide groups is 2. The van der Waals surface area contributed by atoms with Gasteiger partial charge in [-0.05, 0) is 31.6 Å². The van der Waals surface area contributed by atoms with E-state index >= 15 is 0 Å². The minimum Gasteiger partial charge on any atom is -0.481 e. The maximum atomic E-state index is 12.5. The van der Waals surface area contributed by atoms with Gasteiger partial charge in [0.1, 0.15) is 0 Å². The highest BCUT2D eigenvalue weighted by molar-refractivity contribution is 6.12. The van der Waals surface area contributed by atoms with E-state index in [0.717, 1.165) is 17.7 Å². The summed E-state index contributed by atoms with van der Waals surface area (Å²) >= 11 is 0. The summed E-state index contributed by atoms with van der Waals surface area (Å²) in [5, 5.41) is 10.2. The molecule has 2 aliphatic heterocycles. The number of carboxylic acids is 1. The minimum atomic E-state index is -1.17. The Kier molecular flexibility index (Phi) is 6.19. The third kappa shape index (κ3) is 3.97. The van der Waals surface area contributed by atoms with Gasteiger partial charge in [0.25, 0.3) is 11.8 Å². The third-order valence-electron chi connectivity index (χ3n) is 6.59. The maximum Gasteiger partial charge on any atom is 0.311 e. The molecule has 158 valence electrons. The molecule has 1 aliphatic carbocycles. The molecule has 3 atom stereocenters. The highest BCUT2D eigenvalue weighted by Crippen LogP contribution is 2.47. The highest BCUT2D eigenvalue weighted by atomic mass is 16.4. The van der Waals surface area contributed by atoms with Crippen LogP contribution in [0.2, 0.25) is 0 Å². The Labute approximate surface area is 169 Å². The van der Waals surface area contributed by atoms with Crippen molar-refractivity contribution in [1.82, 2.24) is 9.80 Å². The summed E-state index contributed by atoms with van der Waals surface area (Å²) < 4.78 is 0. The molecular weight excluding hydrogens is 376 g/mol. The number of aliphatic carboxylic acids is 1. The first-order valence-electron chi connectivity index (χ1n) is 10.4. The second-order valence-corrected chi connectivity index (χ2v) is 8.35. The molecule has 4 amide bonds. The van der Waals surface area contributed by atoms with Gasteiger partial charge in [-0.25, -0.2) is 0 Å². The first-order valence-corrected chi connectivity index (χ1v) is 10.4. The van der Waals surface area contributed by atoms with Crippen molar-refractivity contribution in [3.8, 4) is 0 Å². The Bertz CT molecular complexity index is 726. The third-order valence-corrected chi connectivity index (χ3v) is 6.59. The van der Waals surface area contributed by atoms with Gasteiger partial charge in [-0.1, -0.05) is 26.2 Å². The second-order valence-electron chi connectivity index (χ2n) is 8.35. The molecule has 29 heavy (non-hydrogen) atoms. The van der Waals surface area contributed by atoms with E-state index in [1.165, 1.54) is 17.1 Å². The van der Waals surface area contributed by atoms with Crippen LogP contribution in [0.1, 0.15) is 64.7 Å². The first kappa shape index (κ1) is 21.2. The number of unbranched alkanes of at least 4 members (excludes halogenated alkanes) is 2. The minimum absolute atomic E-state index is 0.109.